The third kappa shape index (κ3) is 3.03. The summed E-state index contributed by atoms with van der Waals surface area (Å²) >= 11 is 0. The van der Waals surface area contributed by atoms with Gasteiger partial charge in [0.05, 0.1) is 25.7 Å². The van der Waals surface area contributed by atoms with E-state index in [-0.39, 0.29) is 11.7 Å². The summed E-state index contributed by atoms with van der Waals surface area (Å²) in [5.41, 5.74) is 3.33. The number of hydrogen-bond acceptors (Lipinski definition) is 4. The van der Waals surface area contributed by atoms with Crippen LogP contribution in [0.4, 0.5) is 4.39 Å². The highest BCUT2D eigenvalue weighted by atomic mass is 19.1. The summed E-state index contributed by atoms with van der Waals surface area (Å²) in [7, 11) is 4.65. The molecule has 0 spiro atoms. The van der Waals surface area contributed by atoms with Crippen LogP contribution in [0.2, 0.25) is 0 Å². The molecule has 0 amide bonds. The molecule has 0 fully saturated rings. The molecule has 5 nitrogen and oxygen atoms in total. The third-order valence-corrected chi connectivity index (χ3v) is 4.81. The summed E-state index contributed by atoms with van der Waals surface area (Å²) in [4.78, 5) is 16.7. The van der Waals surface area contributed by atoms with Gasteiger partial charge in [0.2, 0.25) is 0 Å². The normalized spacial score (nSPS) is 12.2. The van der Waals surface area contributed by atoms with E-state index in [4.69, 9.17) is 9.47 Å². The summed E-state index contributed by atoms with van der Waals surface area (Å²) in [6.45, 7) is 1.92. The Morgan fingerprint density at radius 2 is 2.12 bits per heavy atom. The van der Waals surface area contributed by atoms with Crippen molar-refractivity contribution in [3.8, 4) is 5.75 Å². The van der Waals surface area contributed by atoms with Gasteiger partial charge in [0.25, 0.3) is 0 Å². The Morgan fingerprint density at radius 3 is 2.73 bits per heavy atom. The molecule has 136 valence electrons. The number of aromatic nitrogens is 2. The minimum absolute atomic E-state index is 0.148. The molecule has 3 aromatic rings. The van der Waals surface area contributed by atoms with Crippen molar-refractivity contribution in [3.05, 3.63) is 59.3 Å². The van der Waals surface area contributed by atoms with E-state index in [0.717, 1.165) is 22.2 Å². The van der Waals surface area contributed by atoms with Gasteiger partial charge < -0.3 is 14.0 Å². The Hall–Kier alpha value is -2.89. The zero-order chi connectivity index (χ0) is 18.8. The van der Waals surface area contributed by atoms with Crippen molar-refractivity contribution in [3.63, 3.8) is 0 Å². The number of benzene rings is 1. The van der Waals surface area contributed by atoms with Gasteiger partial charge in [-0.05, 0) is 36.6 Å². The van der Waals surface area contributed by atoms with Crippen LogP contribution in [0.3, 0.4) is 0 Å². The number of rotatable bonds is 5. The zero-order valence-electron chi connectivity index (χ0n) is 15.2. The number of fused-ring (bicyclic) bond motifs is 1. The number of pyridine rings is 1. The molecule has 0 aliphatic carbocycles. The van der Waals surface area contributed by atoms with Crippen LogP contribution in [-0.2, 0) is 23.0 Å². The van der Waals surface area contributed by atoms with Crippen LogP contribution >= 0.6 is 0 Å². The van der Waals surface area contributed by atoms with Crippen molar-refractivity contribution in [2.24, 2.45) is 7.05 Å². The van der Waals surface area contributed by atoms with Crippen LogP contribution in [0.15, 0.2) is 36.7 Å². The quantitative estimate of drug-likeness (QED) is 0.656. The number of carbonyl (C=O) groups excluding carboxylic acids is 1. The van der Waals surface area contributed by atoms with Crippen LogP contribution in [0.25, 0.3) is 10.9 Å². The Bertz CT molecular complexity index is 951. The molecular formula is C20H21FN2O3. The lowest BCUT2D eigenvalue weighted by atomic mass is 9.90. The monoisotopic (exact) mass is 356 g/mol. The van der Waals surface area contributed by atoms with E-state index < -0.39 is 11.7 Å². The Morgan fingerprint density at radius 1 is 1.35 bits per heavy atom. The Balaban J connectivity index is 2.21. The number of ether oxygens (including phenoxy) is 2. The molecule has 0 saturated heterocycles. The second kappa shape index (κ2) is 7.15. The van der Waals surface area contributed by atoms with Crippen LogP contribution in [0.5, 0.6) is 5.75 Å². The first kappa shape index (κ1) is 17.9. The average Bonchev–Trinajstić information content (AvgIpc) is 2.89. The predicted octanol–water partition coefficient (Wildman–Crippen LogP) is 3.53. The topological polar surface area (TPSA) is 53.3 Å². The number of aryl methyl sites for hydroxylation is 1. The highest BCUT2D eigenvalue weighted by Crippen LogP contribution is 2.36. The number of carbonyl (C=O) groups is 1. The number of halogens is 1. The maximum absolute atomic E-state index is 14.2. The highest BCUT2D eigenvalue weighted by molar-refractivity contribution is 5.93. The molecule has 6 heteroatoms. The fraction of sp³-hybridized carbons (Fsp3) is 0.300. The summed E-state index contributed by atoms with van der Waals surface area (Å²) in [6, 6.07) is 6.83. The minimum atomic E-state index is -0.525. The van der Waals surface area contributed by atoms with Crippen LogP contribution in [0, 0.1) is 12.7 Å². The fourth-order valence-corrected chi connectivity index (χ4v) is 3.39. The van der Waals surface area contributed by atoms with E-state index in [2.05, 4.69) is 4.98 Å². The SMILES string of the molecule is COC(=O)C(Cc1cccnc1)c1c(C)n(C)c2cc(F)c(OC)cc12. The van der Waals surface area contributed by atoms with Gasteiger partial charge in [0.15, 0.2) is 11.6 Å². The van der Waals surface area contributed by atoms with Crippen molar-refractivity contribution in [1.82, 2.24) is 9.55 Å². The van der Waals surface area contributed by atoms with Crippen LogP contribution in [0.1, 0.15) is 22.7 Å². The van der Waals surface area contributed by atoms with Gasteiger partial charge in [-0.25, -0.2) is 4.39 Å². The molecule has 0 radical (unpaired) electrons. The van der Waals surface area contributed by atoms with E-state index in [1.165, 1.54) is 20.3 Å². The highest BCUT2D eigenvalue weighted by Gasteiger charge is 2.29. The van der Waals surface area contributed by atoms with Crippen molar-refractivity contribution >= 4 is 16.9 Å². The molecular weight excluding hydrogens is 335 g/mol. The van der Waals surface area contributed by atoms with Crippen molar-refractivity contribution in [2.45, 2.75) is 19.3 Å². The van der Waals surface area contributed by atoms with Crippen LogP contribution in [-0.4, -0.2) is 29.7 Å². The molecule has 0 bridgehead atoms. The molecule has 0 N–H and O–H groups in total. The number of esters is 1. The lowest BCUT2D eigenvalue weighted by Gasteiger charge is -2.16. The first-order chi connectivity index (χ1) is 12.5. The van der Waals surface area contributed by atoms with Gasteiger partial charge in [0, 0.05) is 36.6 Å². The van der Waals surface area contributed by atoms with Gasteiger partial charge in [0.1, 0.15) is 0 Å². The molecule has 1 unspecified atom stereocenters. The summed E-state index contributed by atoms with van der Waals surface area (Å²) in [5, 5.41) is 0.780. The molecule has 0 aliphatic heterocycles. The van der Waals surface area contributed by atoms with E-state index in [1.54, 1.807) is 18.5 Å². The molecule has 0 saturated carbocycles. The Labute approximate surface area is 151 Å². The van der Waals surface area contributed by atoms with E-state index in [0.29, 0.717) is 11.9 Å². The van der Waals surface area contributed by atoms with Crippen LogP contribution < -0.4 is 4.74 Å². The van der Waals surface area contributed by atoms with Crippen molar-refractivity contribution in [2.75, 3.05) is 14.2 Å². The summed E-state index contributed by atoms with van der Waals surface area (Å²) in [5.74, 6) is -1.15. The van der Waals surface area contributed by atoms with Gasteiger partial charge >= 0.3 is 5.97 Å². The second-order valence-corrected chi connectivity index (χ2v) is 6.20. The van der Waals surface area contributed by atoms with E-state index >= 15 is 0 Å². The molecule has 2 heterocycles. The predicted molar refractivity (Wildman–Crippen MR) is 96.9 cm³/mol. The first-order valence-corrected chi connectivity index (χ1v) is 8.27. The van der Waals surface area contributed by atoms with Crippen molar-refractivity contribution < 1.29 is 18.7 Å². The Kier molecular flexibility index (Phi) is 4.93. The number of methoxy groups -OCH3 is 2. The molecule has 1 aromatic carbocycles. The number of hydrogen-bond donors (Lipinski definition) is 0. The first-order valence-electron chi connectivity index (χ1n) is 8.27. The average molecular weight is 356 g/mol. The summed E-state index contributed by atoms with van der Waals surface area (Å²) in [6.07, 6.45) is 3.87. The largest absolute Gasteiger partial charge is 0.494 e. The third-order valence-electron chi connectivity index (χ3n) is 4.81. The number of nitrogens with zero attached hydrogens (tertiary/aromatic N) is 2. The van der Waals surface area contributed by atoms with Gasteiger partial charge in [-0.1, -0.05) is 6.07 Å². The van der Waals surface area contributed by atoms with Gasteiger partial charge in [-0.15, -0.1) is 0 Å². The van der Waals surface area contributed by atoms with Gasteiger partial charge in [-0.3, -0.25) is 9.78 Å². The van der Waals surface area contributed by atoms with Crippen molar-refractivity contribution in [1.29, 1.82) is 0 Å². The molecule has 3 rings (SSSR count). The second-order valence-electron chi connectivity index (χ2n) is 6.20. The van der Waals surface area contributed by atoms with Gasteiger partial charge in [-0.2, -0.15) is 0 Å². The minimum Gasteiger partial charge on any atom is -0.494 e. The standard InChI is InChI=1S/C20H21FN2O3/c1-12-19(14-9-18(25-3)16(21)10-17(14)23(12)2)15(20(24)26-4)8-13-6-5-7-22-11-13/h5-7,9-11,15H,8H2,1-4H3. The lowest BCUT2D eigenvalue weighted by Crippen LogP contribution is -2.18. The lowest BCUT2D eigenvalue weighted by molar-refractivity contribution is -0.142. The molecule has 2 aromatic heterocycles. The molecule has 1 atom stereocenters. The smallest absolute Gasteiger partial charge is 0.313 e. The maximum Gasteiger partial charge on any atom is 0.313 e. The zero-order valence-corrected chi connectivity index (χ0v) is 15.2. The van der Waals surface area contributed by atoms with E-state index in [1.807, 2.05) is 30.7 Å². The van der Waals surface area contributed by atoms with E-state index in [9.17, 15) is 9.18 Å². The molecule has 0 aliphatic rings. The maximum atomic E-state index is 14.2. The molecule has 26 heavy (non-hydrogen) atoms. The fourth-order valence-electron chi connectivity index (χ4n) is 3.39. The summed E-state index contributed by atoms with van der Waals surface area (Å²) < 4.78 is 26.2.